The lowest BCUT2D eigenvalue weighted by Gasteiger charge is -2.30. The molecule has 3 rings (SSSR count). The molecule has 1 N–H and O–H groups in total. The second kappa shape index (κ2) is 13.1. The number of carbonyl (C=O) groups excluding carboxylic acids is 2. The fourth-order valence-corrected chi connectivity index (χ4v) is 5.68. The Labute approximate surface area is 225 Å². The summed E-state index contributed by atoms with van der Waals surface area (Å²) in [6.45, 7) is 2.11. The molecule has 0 unspecified atom stereocenters. The second-order valence-electron chi connectivity index (χ2n) is 9.45. The molecule has 2 aromatic carbocycles. The summed E-state index contributed by atoms with van der Waals surface area (Å²) in [6, 6.07) is 13.4. The molecule has 0 spiro atoms. The molecule has 0 aliphatic heterocycles. The summed E-state index contributed by atoms with van der Waals surface area (Å²) in [6.07, 6.45) is 5.60. The van der Waals surface area contributed by atoms with Gasteiger partial charge in [-0.05, 0) is 62.1 Å². The Morgan fingerprint density at radius 2 is 1.81 bits per heavy atom. The van der Waals surface area contributed by atoms with Crippen molar-refractivity contribution in [3.63, 3.8) is 0 Å². The monoisotopic (exact) mass is 549 g/mol. The van der Waals surface area contributed by atoms with E-state index in [0.29, 0.717) is 16.5 Å². The molecule has 1 saturated carbocycles. The van der Waals surface area contributed by atoms with Crippen LogP contribution in [0.15, 0.2) is 48.5 Å². The van der Waals surface area contributed by atoms with Crippen LogP contribution in [0, 0.1) is 0 Å². The minimum absolute atomic E-state index is 0.0871. The van der Waals surface area contributed by atoms with Crippen LogP contribution >= 0.6 is 11.6 Å². The van der Waals surface area contributed by atoms with E-state index in [1.165, 1.54) is 4.31 Å². The molecule has 1 fully saturated rings. The molecule has 8 nitrogen and oxygen atoms in total. The maximum absolute atomic E-state index is 13.4. The molecule has 1 aliphatic carbocycles. The molecular weight excluding hydrogens is 514 g/mol. The lowest BCUT2D eigenvalue weighted by atomic mass is 10.1. The molecule has 1 aliphatic rings. The number of sulfonamides is 1. The van der Waals surface area contributed by atoms with Crippen LogP contribution in [0.5, 0.6) is 5.75 Å². The van der Waals surface area contributed by atoms with E-state index in [0.717, 1.165) is 37.5 Å². The third kappa shape index (κ3) is 8.36. The molecule has 1 atom stereocenters. The molecule has 2 aromatic rings. The van der Waals surface area contributed by atoms with Crippen LogP contribution in [-0.2, 0) is 26.2 Å². The van der Waals surface area contributed by atoms with Crippen LogP contribution in [0.4, 0.5) is 5.69 Å². The summed E-state index contributed by atoms with van der Waals surface area (Å²) < 4.78 is 31.3. The molecule has 0 heterocycles. The summed E-state index contributed by atoms with van der Waals surface area (Å²) in [5.74, 6) is 0.311. The zero-order valence-corrected chi connectivity index (χ0v) is 23.2. The highest BCUT2D eigenvalue weighted by Gasteiger charge is 2.28. The van der Waals surface area contributed by atoms with Gasteiger partial charge in [0.05, 0.1) is 19.1 Å². The minimum atomic E-state index is -3.58. The van der Waals surface area contributed by atoms with E-state index in [1.54, 1.807) is 43.2 Å². The lowest BCUT2D eigenvalue weighted by Crippen LogP contribution is -2.49. The number of methoxy groups -OCH3 is 1. The van der Waals surface area contributed by atoms with Gasteiger partial charge in [0, 0.05) is 30.6 Å². The highest BCUT2D eigenvalue weighted by atomic mass is 35.5. The molecule has 0 bridgehead atoms. The summed E-state index contributed by atoms with van der Waals surface area (Å²) in [7, 11) is -1.99. The van der Waals surface area contributed by atoms with Crippen molar-refractivity contribution >= 4 is 39.1 Å². The number of rotatable bonds is 12. The van der Waals surface area contributed by atoms with Crippen molar-refractivity contribution in [1.82, 2.24) is 10.2 Å². The standard InChI is InChI=1S/C27H36ClN3O5S/c1-20(27(33)29-23-9-4-5-10-23)30(19-21-13-15-25(36-2)16-14-21)26(32)12-7-17-31(37(3,34)35)24-11-6-8-22(28)18-24/h6,8,11,13-16,18,20,23H,4-5,7,9-10,12,17,19H2,1-3H3,(H,29,33)/t20-/m0/s1. The first kappa shape index (κ1) is 28.8. The van der Waals surface area contributed by atoms with E-state index < -0.39 is 16.1 Å². The molecule has 37 heavy (non-hydrogen) atoms. The predicted molar refractivity (Wildman–Crippen MR) is 146 cm³/mol. The van der Waals surface area contributed by atoms with Crippen LogP contribution in [0.1, 0.15) is 51.0 Å². The van der Waals surface area contributed by atoms with Gasteiger partial charge in [0.25, 0.3) is 0 Å². The number of anilines is 1. The quantitative estimate of drug-likeness (QED) is 0.424. The first-order valence-electron chi connectivity index (χ1n) is 12.5. The van der Waals surface area contributed by atoms with Gasteiger partial charge in [-0.2, -0.15) is 0 Å². The van der Waals surface area contributed by atoms with E-state index in [-0.39, 0.29) is 43.8 Å². The number of benzene rings is 2. The van der Waals surface area contributed by atoms with Gasteiger partial charge in [-0.3, -0.25) is 13.9 Å². The molecule has 0 radical (unpaired) electrons. The average molecular weight is 550 g/mol. The first-order chi connectivity index (χ1) is 17.6. The highest BCUT2D eigenvalue weighted by Crippen LogP contribution is 2.23. The van der Waals surface area contributed by atoms with E-state index >= 15 is 0 Å². The maximum atomic E-state index is 13.4. The van der Waals surface area contributed by atoms with Crippen LogP contribution in [0.2, 0.25) is 5.02 Å². The van der Waals surface area contributed by atoms with Gasteiger partial charge in [0.2, 0.25) is 21.8 Å². The summed E-state index contributed by atoms with van der Waals surface area (Å²) in [5, 5.41) is 3.51. The van der Waals surface area contributed by atoms with E-state index in [4.69, 9.17) is 16.3 Å². The topological polar surface area (TPSA) is 96.0 Å². The number of nitrogens with zero attached hydrogens (tertiary/aromatic N) is 2. The zero-order valence-electron chi connectivity index (χ0n) is 21.7. The molecular formula is C27H36ClN3O5S. The van der Waals surface area contributed by atoms with E-state index in [1.807, 2.05) is 24.3 Å². The van der Waals surface area contributed by atoms with Gasteiger partial charge in [0.1, 0.15) is 11.8 Å². The van der Waals surface area contributed by atoms with Crippen LogP contribution < -0.4 is 14.4 Å². The van der Waals surface area contributed by atoms with Gasteiger partial charge in [-0.1, -0.05) is 42.6 Å². The second-order valence-corrected chi connectivity index (χ2v) is 11.8. The van der Waals surface area contributed by atoms with Crippen molar-refractivity contribution < 1.29 is 22.7 Å². The summed E-state index contributed by atoms with van der Waals surface area (Å²) in [4.78, 5) is 28.0. The van der Waals surface area contributed by atoms with Gasteiger partial charge < -0.3 is 15.0 Å². The Morgan fingerprint density at radius 3 is 2.41 bits per heavy atom. The minimum Gasteiger partial charge on any atom is -0.497 e. The zero-order chi connectivity index (χ0) is 27.0. The third-order valence-electron chi connectivity index (χ3n) is 6.63. The van der Waals surface area contributed by atoms with Crippen LogP contribution in [0.3, 0.4) is 0 Å². The fourth-order valence-electron chi connectivity index (χ4n) is 4.54. The largest absolute Gasteiger partial charge is 0.497 e. The SMILES string of the molecule is COc1ccc(CN(C(=O)CCCN(c2cccc(Cl)c2)S(C)(=O)=O)[C@@H](C)C(=O)NC2CCCC2)cc1. The number of carbonyl (C=O) groups is 2. The summed E-state index contributed by atoms with van der Waals surface area (Å²) in [5.41, 5.74) is 1.31. The number of ether oxygens (including phenoxy) is 1. The van der Waals surface area contributed by atoms with Gasteiger partial charge >= 0.3 is 0 Å². The van der Waals surface area contributed by atoms with Crippen LogP contribution in [-0.4, -0.2) is 57.1 Å². The average Bonchev–Trinajstić information content (AvgIpc) is 3.37. The Kier molecular flexibility index (Phi) is 10.2. The Morgan fingerprint density at radius 1 is 1.14 bits per heavy atom. The van der Waals surface area contributed by atoms with Crippen LogP contribution in [0.25, 0.3) is 0 Å². The molecule has 10 heteroatoms. The third-order valence-corrected chi connectivity index (χ3v) is 8.06. The Bertz CT molecular complexity index is 1170. The smallest absolute Gasteiger partial charge is 0.242 e. The van der Waals surface area contributed by atoms with Crippen molar-refractivity contribution in [3.8, 4) is 5.75 Å². The van der Waals surface area contributed by atoms with Crippen molar-refractivity contribution in [1.29, 1.82) is 0 Å². The summed E-state index contributed by atoms with van der Waals surface area (Å²) >= 11 is 6.06. The Hall–Kier alpha value is -2.78. The molecule has 202 valence electrons. The Balaban J connectivity index is 1.72. The van der Waals surface area contributed by atoms with Crippen molar-refractivity contribution in [2.45, 2.75) is 64.1 Å². The molecule has 0 saturated heterocycles. The predicted octanol–water partition coefficient (Wildman–Crippen LogP) is 4.37. The number of hydrogen-bond donors (Lipinski definition) is 1. The van der Waals surface area contributed by atoms with E-state index in [9.17, 15) is 18.0 Å². The fraction of sp³-hybridized carbons (Fsp3) is 0.481. The van der Waals surface area contributed by atoms with Gasteiger partial charge in [0.15, 0.2) is 0 Å². The van der Waals surface area contributed by atoms with Crippen molar-refractivity contribution in [2.24, 2.45) is 0 Å². The number of amides is 2. The van der Waals surface area contributed by atoms with E-state index in [2.05, 4.69) is 5.32 Å². The molecule has 0 aromatic heterocycles. The number of hydrogen-bond acceptors (Lipinski definition) is 5. The molecule has 2 amide bonds. The highest BCUT2D eigenvalue weighted by molar-refractivity contribution is 7.92. The van der Waals surface area contributed by atoms with Gasteiger partial charge in [-0.25, -0.2) is 8.42 Å². The van der Waals surface area contributed by atoms with Crippen molar-refractivity contribution in [3.05, 3.63) is 59.1 Å². The van der Waals surface area contributed by atoms with Gasteiger partial charge in [-0.15, -0.1) is 0 Å². The normalized spacial score (nSPS) is 14.7. The first-order valence-corrected chi connectivity index (χ1v) is 14.8. The number of nitrogens with one attached hydrogen (secondary N) is 1. The van der Waals surface area contributed by atoms with Crippen molar-refractivity contribution in [2.75, 3.05) is 24.2 Å². The number of halogens is 1. The lowest BCUT2D eigenvalue weighted by molar-refractivity contribution is -0.141. The maximum Gasteiger partial charge on any atom is 0.242 e.